The van der Waals surface area contributed by atoms with Gasteiger partial charge in [0, 0.05) is 23.7 Å². The molecule has 1 N–H and O–H groups in total. The molecule has 3 aromatic rings. The van der Waals surface area contributed by atoms with Crippen LogP contribution in [-0.4, -0.2) is 26.4 Å². The number of carbonyl (C=O) groups excluding carboxylic acids is 1. The second kappa shape index (κ2) is 9.74. The highest BCUT2D eigenvalue weighted by Crippen LogP contribution is 2.33. The Morgan fingerprint density at radius 3 is 2.62 bits per heavy atom. The summed E-state index contributed by atoms with van der Waals surface area (Å²) in [4.78, 5) is 16.4. The van der Waals surface area contributed by atoms with Crippen LogP contribution in [0.3, 0.4) is 0 Å². The van der Waals surface area contributed by atoms with Crippen molar-refractivity contribution in [2.75, 3.05) is 5.75 Å². The van der Waals surface area contributed by atoms with Gasteiger partial charge in [0.1, 0.15) is 0 Å². The minimum absolute atomic E-state index is 0.0480. The van der Waals surface area contributed by atoms with Crippen molar-refractivity contribution in [2.45, 2.75) is 44.0 Å². The number of benzene rings is 1. The lowest BCUT2D eigenvalue weighted by molar-refractivity contribution is -0.118. The summed E-state index contributed by atoms with van der Waals surface area (Å²) < 4.78 is 2.16. The highest BCUT2D eigenvalue weighted by atomic mass is 32.2. The third kappa shape index (κ3) is 5.26. The first-order valence-corrected chi connectivity index (χ1v) is 11.3. The van der Waals surface area contributed by atoms with Crippen LogP contribution in [0.15, 0.2) is 60.9 Å². The molecule has 2 heterocycles. The third-order valence-corrected chi connectivity index (χ3v) is 6.25. The predicted molar refractivity (Wildman–Crippen MR) is 117 cm³/mol. The first-order valence-electron chi connectivity index (χ1n) is 10.2. The molecule has 0 saturated heterocycles. The Labute approximate surface area is 175 Å². The van der Waals surface area contributed by atoms with Crippen molar-refractivity contribution >= 4 is 17.7 Å². The van der Waals surface area contributed by atoms with Crippen molar-refractivity contribution in [1.82, 2.24) is 20.1 Å². The van der Waals surface area contributed by atoms with Gasteiger partial charge in [0.05, 0.1) is 29.7 Å². The molecule has 1 fully saturated rings. The van der Waals surface area contributed by atoms with Gasteiger partial charge in [-0.3, -0.25) is 14.5 Å². The lowest BCUT2D eigenvalue weighted by Gasteiger charge is -2.14. The first kappa shape index (κ1) is 19.7. The normalized spacial score (nSPS) is 14.2. The quantitative estimate of drug-likeness (QED) is 0.593. The molecule has 0 unspecified atom stereocenters. The van der Waals surface area contributed by atoms with Gasteiger partial charge in [-0.1, -0.05) is 43.2 Å². The SMILES string of the molecule is O=C(CSCc1ccccc1)NCc1cc(-c2ccncc2)n(C2CCCC2)n1. The molecule has 1 aliphatic rings. The molecule has 1 aromatic carbocycles. The van der Waals surface area contributed by atoms with E-state index < -0.39 is 0 Å². The Kier molecular flexibility index (Phi) is 6.62. The van der Waals surface area contributed by atoms with Crippen LogP contribution in [0.25, 0.3) is 11.3 Å². The van der Waals surface area contributed by atoms with Crippen LogP contribution in [0.5, 0.6) is 0 Å². The van der Waals surface area contributed by atoms with E-state index in [0.29, 0.717) is 18.3 Å². The molecule has 1 saturated carbocycles. The number of pyridine rings is 1. The number of nitrogens with zero attached hydrogens (tertiary/aromatic N) is 3. The summed E-state index contributed by atoms with van der Waals surface area (Å²) in [5.41, 5.74) is 4.38. The fourth-order valence-corrected chi connectivity index (χ4v) is 4.59. The van der Waals surface area contributed by atoms with Crippen LogP contribution in [0, 0.1) is 0 Å². The molecule has 1 aliphatic carbocycles. The Bertz CT molecular complexity index is 921. The number of hydrogen-bond donors (Lipinski definition) is 1. The van der Waals surface area contributed by atoms with Crippen molar-refractivity contribution in [3.05, 3.63) is 72.2 Å². The average Bonchev–Trinajstić information content (AvgIpc) is 3.43. The first-order chi connectivity index (χ1) is 14.3. The lowest BCUT2D eigenvalue weighted by Crippen LogP contribution is -2.25. The average molecular weight is 407 g/mol. The van der Waals surface area contributed by atoms with Crippen molar-refractivity contribution in [2.24, 2.45) is 0 Å². The van der Waals surface area contributed by atoms with Gasteiger partial charge < -0.3 is 5.32 Å². The van der Waals surface area contributed by atoms with Gasteiger partial charge in [-0.25, -0.2) is 0 Å². The van der Waals surface area contributed by atoms with Crippen LogP contribution in [0.2, 0.25) is 0 Å². The maximum absolute atomic E-state index is 12.2. The lowest BCUT2D eigenvalue weighted by atomic mass is 10.1. The number of rotatable bonds is 8. The summed E-state index contributed by atoms with van der Waals surface area (Å²) in [7, 11) is 0. The van der Waals surface area contributed by atoms with E-state index in [1.54, 1.807) is 11.8 Å². The van der Waals surface area contributed by atoms with Gasteiger partial charge in [0.25, 0.3) is 0 Å². The molecule has 0 aliphatic heterocycles. The van der Waals surface area contributed by atoms with Gasteiger partial charge in [0.2, 0.25) is 5.91 Å². The van der Waals surface area contributed by atoms with E-state index in [1.807, 2.05) is 42.7 Å². The maximum atomic E-state index is 12.2. The van der Waals surface area contributed by atoms with E-state index in [1.165, 1.54) is 31.2 Å². The third-order valence-electron chi connectivity index (χ3n) is 5.24. The van der Waals surface area contributed by atoms with Crippen molar-refractivity contribution in [3.8, 4) is 11.3 Å². The topological polar surface area (TPSA) is 59.8 Å². The predicted octanol–water partition coefficient (Wildman–Crippen LogP) is 4.61. The fraction of sp³-hybridized carbons (Fsp3) is 0.348. The van der Waals surface area contributed by atoms with E-state index in [0.717, 1.165) is 22.7 Å². The maximum Gasteiger partial charge on any atom is 0.230 e. The minimum Gasteiger partial charge on any atom is -0.350 e. The van der Waals surface area contributed by atoms with Crippen molar-refractivity contribution in [3.63, 3.8) is 0 Å². The molecule has 0 bridgehead atoms. The fourth-order valence-electron chi connectivity index (χ4n) is 3.77. The summed E-state index contributed by atoms with van der Waals surface area (Å²) >= 11 is 1.63. The molecule has 5 nitrogen and oxygen atoms in total. The zero-order chi connectivity index (χ0) is 19.9. The zero-order valence-electron chi connectivity index (χ0n) is 16.5. The smallest absolute Gasteiger partial charge is 0.230 e. The number of amides is 1. The highest BCUT2D eigenvalue weighted by molar-refractivity contribution is 7.99. The second-order valence-corrected chi connectivity index (χ2v) is 8.38. The van der Waals surface area contributed by atoms with E-state index in [-0.39, 0.29) is 5.91 Å². The number of hydrogen-bond acceptors (Lipinski definition) is 4. The Morgan fingerprint density at radius 2 is 1.86 bits per heavy atom. The van der Waals surface area contributed by atoms with Crippen molar-refractivity contribution < 1.29 is 4.79 Å². The van der Waals surface area contributed by atoms with Gasteiger partial charge in [-0.15, -0.1) is 11.8 Å². The number of aromatic nitrogens is 3. The molecule has 0 radical (unpaired) electrons. The monoisotopic (exact) mass is 406 g/mol. The van der Waals surface area contributed by atoms with Crippen LogP contribution < -0.4 is 5.32 Å². The van der Waals surface area contributed by atoms with E-state index >= 15 is 0 Å². The van der Waals surface area contributed by atoms with E-state index in [9.17, 15) is 4.79 Å². The molecule has 2 aromatic heterocycles. The molecule has 4 rings (SSSR count). The summed E-state index contributed by atoms with van der Waals surface area (Å²) in [6.45, 7) is 0.461. The zero-order valence-corrected chi connectivity index (χ0v) is 17.3. The molecule has 0 spiro atoms. The number of carbonyl (C=O) groups is 1. The molecular weight excluding hydrogens is 380 g/mol. The number of nitrogens with one attached hydrogen (secondary N) is 1. The van der Waals surface area contributed by atoms with Crippen LogP contribution in [-0.2, 0) is 17.1 Å². The summed E-state index contributed by atoms with van der Waals surface area (Å²) in [5.74, 6) is 1.35. The Morgan fingerprint density at radius 1 is 1.10 bits per heavy atom. The molecule has 1 amide bonds. The molecular formula is C23H26N4OS. The van der Waals surface area contributed by atoms with Crippen LogP contribution in [0.4, 0.5) is 0 Å². The second-order valence-electron chi connectivity index (χ2n) is 7.39. The van der Waals surface area contributed by atoms with Crippen LogP contribution in [0.1, 0.15) is 43.0 Å². The van der Waals surface area contributed by atoms with Crippen LogP contribution >= 0.6 is 11.8 Å². The van der Waals surface area contributed by atoms with Crippen molar-refractivity contribution in [1.29, 1.82) is 0 Å². The van der Waals surface area contributed by atoms with Gasteiger partial charge >= 0.3 is 0 Å². The van der Waals surface area contributed by atoms with E-state index in [2.05, 4.69) is 33.2 Å². The molecule has 150 valence electrons. The standard InChI is InChI=1S/C23H26N4OS/c28-23(17-29-16-18-6-2-1-3-7-18)25-15-20-14-22(19-10-12-24-13-11-19)27(26-20)21-8-4-5-9-21/h1-3,6-7,10-14,21H,4-5,8-9,15-17H2,(H,25,28). The van der Waals surface area contributed by atoms with E-state index in [4.69, 9.17) is 5.10 Å². The Balaban J connectivity index is 1.36. The summed E-state index contributed by atoms with van der Waals surface area (Å²) in [6.07, 6.45) is 8.47. The van der Waals surface area contributed by atoms with Gasteiger partial charge in [-0.05, 0) is 36.6 Å². The minimum atomic E-state index is 0.0480. The molecule has 29 heavy (non-hydrogen) atoms. The Hall–Kier alpha value is -2.60. The molecule has 0 atom stereocenters. The summed E-state index contributed by atoms with van der Waals surface area (Å²) in [5, 5.41) is 7.86. The molecule has 6 heteroatoms. The van der Waals surface area contributed by atoms with Gasteiger partial charge in [0.15, 0.2) is 0 Å². The van der Waals surface area contributed by atoms with Gasteiger partial charge in [-0.2, -0.15) is 5.10 Å². The highest BCUT2D eigenvalue weighted by Gasteiger charge is 2.22. The summed E-state index contributed by atoms with van der Waals surface area (Å²) in [6, 6.07) is 16.8. The number of thioether (sulfide) groups is 1. The largest absolute Gasteiger partial charge is 0.350 e.